The summed E-state index contributed by atoms with van der Waals surface area (Å²) in [6.07, 6.45) is 6.05. The van der Waals surface area contributed by atoms with Crippen molar-refractivity contribution < 1.29 is 9.39 Å². The van der Waals surface area contributed by atoms with Crippen LogP contribution in [-0.4, -0.2) is 60.9 Å². The fraction of sp³-hybridized carbons (Fsp3) is 0.304. The number of nitrogens with zero attached hydrogens (tertiary/aromatic N) is 3. The van der Waals surface area contributed by atoms with Gasteiger partial charge in [0.1, 0.15) is 19.3 Å². The zero-order chi connectivity index (χ0) is 20.8. The molecule has 7 heteroatoms. The summed E-state index contributed by atoms with van der Waals surface area (Å²) in [5, 5.41) is 11.0. The first kappa shape index (κ1) is 20.3. The van der Waals surface area contributed by atoms with E-state index in [1.54, 1.807) is 12.1 Å². The van der Waals surface area contributed by atoms with Crippen LogP contribution in [-0.2, 0) is 6.54 Å². The van der Waals surface area contributed by atoms with E-state index in [4.69, 9.17) is 10.8 Å². The molecule has 4 N–H and O–H groups in total. The fourth-order valence-corrected chi connectivity index (χ4v) is 3.85. The molecule has 1 amide bonds. The third kappa shape index (κ3) is 4.94. The third-order valence-corrected chi connectivity index (χ3v) is 5.64. The molecule has 156 valence electrons. The maximum absolute atomic E-state index is 12.5. The van der Waals surface area contributed by atoms with Crippen LogP contribution in [0.25, 0.3) is 0 Å². The maximum atomic E-state index is 12.5. The Morgan fingerprint density at radius 3 is 2.60 bits per heavy atom. The first-order valence-electron chi connectivity index (χ1n) is 10.4. The number of amides is 1. The summed E-state index contributed by atoms with van der Waals surface area (Å²) in [4.78, 5) is 15.0. The molecule has 1 unspecified atom stereocenters. The average molecular weight is 406 g/mol. The van der Waals surface area contributed by atoms with Gasteiger partial charge in [-0.1, -0.05) is 29.4 Å². The zero-order valence-corrected chi connectivity index (χ0v) is 17.1. The number of allylic oxidation sites excluding steroid dienone is 1. The van der Waals surface area contributed by atoms with Crippen LogP contribution in [0.3, 0.4) is 0 Å². The van der Waals surface area contributed by atoms with Gasteiger partial charge in [-0.2, -0.15) is 4.59 Å². The first-order valence-corrected chi connectivity index (χ1v) is 10.4. The van der Waals surface area contributed by atoms with Gasteiger partial charge in [-0.05, 0) is 24.3 Å². The lowest BCUT2D eigenvalue weighted by atomic mass is 10.1. The summed E-state index contributed by atoms with van der Waals surface area (Å²) in [5.41, 5.74) is 8.85. The van der Waals surface area contributed by atoms with Crippen molar-refractivity contribution in [3.8, 4) is 0 Å². The third-order valence-electron chi connectivity index (χ3n) is 5.64. The van der Waals surface area contributed by atoms with Gasteiger partial charge >= 0.3 is 0 Å². The van der Waals surface area contributed by atoms with Crippen molar-refractivity contribution in [1.82, 2.24) is 10.2 Å². The number of carbonyl (C=O) groups excluding carboxylic acids is 1. The highest BCUT2D eigenvalue weighted by atomic mass is 16.1. The van der Waals surface area contributed by atoms with Crippen molar-refractivity contribution >= 4 is 23.5 Å². The smallest absolute Gasteiger partial charge is 0.255 e. The molecule has 1 fully saturated rings. The Morgan fingerprint density at radius 1 is 1.13 bits per heavy atom. The zero-order valence-electron chi connectivity index (χ0n) is 17.1. The SMILES string of the molecule is Nc1ccccc1NC(=O)c1ccc(C[N+]2(CCN3CCNCC3)C=CC=N2)cc1. The largest absolute Gasteiger partial charge is 0.397 e. The second-order valence-corrected chi connectivity index (χ2v) is 7.80. The number of nitrogens with one attached hydrogen (secondary N) is 2. The number of hydrogen-bond acceptors (Lipinski definition) is 5. The van der Waals surface area contributed by atoms with Crippen molar-refractivity contribution in [3.63, 3.8) is 0 Å². The van der Waals surface area contributed by atoms with E-state index in [0.717, 1.165) is 51.4 Å². The minimum absolute atomic E-state index is 0.166. The number of anilines is 2. The molecule has 0 saturated carbocycles. The number of carbonyl (C=O) groups is 1. The molecule has 2 aliphatic rings. The van der Waals surface area contributed by atoms with Gasteiger partial charge in [0.25, 0.3) is 5.91 Å². The van der Waals surface area contributed by atoms with E-state index in [0.29, 0.717) is 21.5 Å². The Labute approximate surface area is 177 Å². The van der Waals surface area contributed by atoms with E-state index in [2.05, 4.69) is 21.7 Å². The Bertz CT molecular complexity index is 919. The molecule has 1 atom stereocenters. The summed E-state index contributed by atoms with van der Waals surface area (Å²) >= 11 is 0. The van der Waals surface area contributed by atoms with E-state index in [-0.39, 0.29) is 5.91 Å². The summed E-state index contributed by atoms with van der Waals surface area (Å²) in [5.74, 6) is -0.166. The first-order chi connectivity index (χ1) is 14.6. The van der Waals surface area contributed by atoms with Crippen LogP contribution in [0.4, 0.5) is 11.4 Å². The van der Waals surface area contributed by atoms with Crippen LogP contribution in [0.1, 0.15) is 15.9 Å². The predicted octanol–water partition coefficient (Wildman–Crippen LogP) is 2.26. The van der Waals surface area contributed by atoms with Gasteiger partial charge in [0.2, 0.25) is 0 Å². The Hall–Kier alpha value is -3.00. The Balaban J connectivity index is 1.39. The topological polar surface area (TPSA) is 82.8 Å². The summed E-state index contributed by atoms with van der Waals surface area (Å²) in [7, 11) is 0. The van der Waals surface area contributed by atoms with Crippen molar-refractivity contribution in [1.29, 1.82) is 0 Å². The molecule has 0 aliphatic carbocycles. The number of nitrogens with two attached hydrogens (primary N) is 1. The van der Waals surface area contributed by atoms with Crippen LogP contribution < -0.4 is 16.4 Å². The van der Waals surface area contributed by atoms with Crippen molar-refractivity contribution in [2.45, 2.75) is 6.54 Å². The van der Waals surface area contributed by atoms with Crippen LogP contribution in [0.2, 0.25) is 0 Å². The number of nitrogen functional groups attached to an aromatic ring is 1. The van der Waals surface area contributed by atoms with E-state index >= 15 is 0 Å². The molecule has 2 aromatic carbocycles. The molecular formula is C23H29N6O+. The number of para-hydroxylation sites is 2. The molecule has 0 radical (unpaired) electrons. The monoisotopic (exact) mass is 405 g/mol. The number of quaternary nitrogens is 1. The second-order valence-electron chi connectivity index (χ2n) is 7.80. The summed E-state index contributed by atoms with van der Waals surface area (Å²) in [6, 6.07) is 15.0. The second kappa shape index (κ2) is 9.21. The van der Waals surface area contributed by atoms with Gasteiger partial charge in [-0.25, -0.2) is 0 Å². The minimum Gasteiger partial charge on any atom is -0.397 e. The maximum Gasteiger partial charge on any atom is 0.255 e. The van der Waals surface area contributed by atoms with Crippen LogP contribution in [0, 0.1) is 0 Å². The lowest BCUT2D eigenvalue weighted by molar-refractivity contribution is -0.896. The summed E-state index contributed by atoms with van der Waals surface area (Å²) in [6.45, 7) is 7.00. The van der Waals surface area contributed by atoms with E-state index < -0.39 is 0 Å². The van der Waals surface area contributed by atoms with Crippen LogP contribution in [0.5, 0.6) is 0 Å². The lowest BCUT2D eigenvalue weighted by Crippen LogP contribution is -2.48. The quantitative estimate of drug-likeness (QED) is 0.487. The average Bonchev–Trinajstić information content (AvgIpc) is 3.24. The fourth-order valence-electron chi connectivity index (χ4n) is 3.85. The number of benzene rings is 2. The van der Waals surface area contributed by atoms with Gasteiger partial charge in [0.05, 0.1) is 24.1 Å². The highest BCUT2D eigenvalue weighted by molar-refractivity contribution is 6.05. The molecule has 1 saturated heterocycles. The van der Waals surface area contributed by atoms with Gasteiger partial charge in [0.15, 0.2) is 0 Å². The lowest BCUT2D eigenvalue weighted by Gasteiger charge is -2.31. The molecule has 0 aromatic heterocycles. The van der Waals surface area contributed by atoms with Crippen LogP contribution >= 0.6 is 0 Å². The van der Waals surface area contributed by atoms with E-state index in [9.17, 15) is 4.79 Å². The van der Waals surface area contributed by atoms with E-state index in [1.165, 1.54) is 0 Å². The highest BCUT2D eigenvalue weighted by Crippen LogP contribution is 2.21. The number of piperazine rings is 1. The summed E-state index contributed by atoms with van der Waals surface area (Å²) < 4.78 is 0.565. The van der Waals surface area contributed by atoms with Gasteiger partial charge in [0, 0.05) is 43.4 Å². The van der Waals surface area contributed by atoms with Crippen molar-refractivity contribution in [2.75, 3.05) is 50.3 Å². The van der Waals surface area contributed by atoms with Crippen molar-refractivity contribution in [3.05, 3.63) is 71.9 Å². The predicted molar refractivity (Wildman–Crippen MR) is 121 cm³/mol. The minimum atomic E-state index is -0.166. The standard InChI is InChI=1S/C23H28N6O/c24-21-4-1-2-5-22(21)27-23(30)20-8-6-19(7-9-20)18-29(16-3-10-26-29)17-15-28-13-11-25-12-14-28/h1-10,16,25H,11-15,17-18,24H2/p+1. The molecule has 0 spiro atoms. The Morgan fingerprint density at radius 2 is 1.90 bits per heavy atom. The van der Waals surface area contributed by atoms with Crippen molar-refractivity contribution in [2.24, 2.45) is 5.10 Å². The number of rotatable bonds is 7. The molecule has 2 aliphatic heterocycles. The normalized spacial score (nSPS) is 21.1. The molecule has 4 rings (SSSR count). The molecule has 7 nitrogen and oxygen atoms in total. The van der Waals surface area contributed by atoms with Gasteiger partial charge < -0.3 is 16.4 Å². The number of hydrogen-bond donors (Lipinski definition) is 3. The molecular weight excluding hydrogens is 376 g/mol. The van der Waals surface area contributed by atoms with E-state index in [1.807, 2.05) is 48.7 Å². The van der Waals surface area contributed by atoms with Gasteiger partial charge in [-0.15, -0.1) is 0 Å². The highest BCUT2D eigenvalue weighted by Gasteiger charge is 2.28. The molecule has 30 heavy (non-hydrogen) atoms. The van der Waals surface area contributed by atoms with Gasteiger partial charge in [-0.3, -0.25) is 9.69 Å². The van der Waals surface area contributed by atoms with Crippen LogP contribution in [0.15, 0.2) is 65.9 Å². The molecule has 2 aromatic rings. The Kier molecular flexibility index (Phi) is 6.23. The molecule has 2 heterocycles. The molecule has 0 bridgehead atoms.